The minimum atomic E-state index is -2.79. The van der Waals surface area contributed by atoms with Gasteiger partial charge in [0.25, 0.3) is 8.32 Å². The van der Waals surface area contributed by atoms with Gasteiger partial charge >= 0.3 is 0 Å². The van der Waals surface area contributed by atoms with E-state index in [1.807, 2.05) is 50.2 Å². The molecule has 33 heavy (non-hydrogen) atoms. The molecule has 4 rings (SSSR count). The number of rotatable bonds is 5. The fourth-order valence-electron chi connectivity index (χ4n) is 5.06. The van der Waals surface area contributed by atoms with Gasteiger partial charge < -0.3 is 23.7 Å². The van der Waals surface area contributed by atoms with E-state index in [2.05, 4.69) is 56.9 Å². The molecule has 1 N–H and O–H groups in total. The van der Waals surface area contributed by atoms with E-state index in [0.29, 0.717) is 0 Å². The van der Waals surface area contributed by atoms with E-state index < -0.39 is 38.2 Å². The van der Waals surface area contributed by atoms with Crippen molar-refractivity contribution in [1.82, 2.24) is 0 Å². The van der Waals surface area contributed by atoms with Gasteiger partial charge in [0.2, 0.25) is 0 Å². The van der Waals surface area contributed by atoms with Gasteiger partial charge in [-0.3, -0.25) is 0 Å². The minimum Gasteiger partial charge on any atom is -0.405 e. The number of benzene rings is 2. The van der Waals surface area contributed by atoms with Crippen molar-refractivity contribution in [3.63, 3.8) is 0 Å². The standard InChI is InChI=1S/C27H34O5Si/c1-7-18-27(28)22(30-24-23(27)31-26(5,6)32-24)19-29-33(25(2,3)4,20-14-10-8-11-15-20)21-16-12-9-13-17-21/h8-17,22-24,28H,19H2,1-6H3/t22-,23+,24-,27-/m1/s1. The highest BCUT2D eigenvalue weighted by Crippen LogP contribution is 2.44. The third-order valence-electron chi connectivity index (χ3n) is 6.47. The van der Waals surface area contributed by atoms with Gasteiger partial charge in [0.15, 0.2) is 23.8 Å². The molecule has 0 aromatic heterocycles. The Labute approximate surface area is 198 Å². The summed E-state index contributed by atoms with van der Waals surface area (Å²) in [6, 6.07) is 20.8. The lowest BCUT2D eigenvalue weighted by molar-refractivity contribution is -0.225. The maximum atomic E-state index is 11.6. The first-order valence-electron chi connectivity index (χ1n) is 11.5. The largest absolute Gasteiger partial charge is 0.405 e. The van der Waals surface area contributed by atoms with E-state index in [1.165, 1.54) is 10.4 Å². The zero-order valence-corrected chi connectivity index (χ0v) is 21.3. The second-order valence-corrected chi connectivity index (χ2v) is 14.5. The van der Waals surface area contributed by atoms with Crippen molar-refractivity contribution in [2.45, 2.75) is 76.5 Å². The van der Waals surface area contributed by atoms with Crippen LogP contribution in [0.5, 0.6) is 0 Å². The molecule has 2 fully saturated rings. The van der Waals surface area contributed by atoms with Crippen LogP contribution in [-0.2, 0) is 18.6 Å². The first-order valence-corrected chi connectivity index (χ1v) is 13.4. The monoisotopic (exact) mass is 466 g/mol. The molecule has 176 valence electrons. The Morgan fingerprint density at radius 2 is 1.52 bits per heavy atom. The Bertz CT molecular complexity index is 982. The normalized spacial score (nSPS) is 28.8. The molecule has 6 heteroatoms. The molecule has 2 heterocycles. The molecule has 0 bridgehead atoms. The van der Waals surface area contributed by atoms with Gasteiger partial charge in [-0.15, -0.1) is 5.92 Å². The van der Waals surface area contributed by atoms with Crippen molar-refractivity contribution in [2.24, 2.45) is 0 Å². The molecular weight excluding hydrogens is 432 g/mol. The Morgan fingerprint density at radius 1 is 0.970 bits per heavy atom. The lowest BCUT2D eigenvalue weighted by Crippen LogP contribution is -2.67. The van der Waals surface area contributed by atoms with Gasteiger partial charge in [0.05, 0.1) is 6.61 Å². The molecule has 2 aromatic rings. The third kappa shape index (κ3) is 4.19. The van der Waals surface area contributed by atoms with Crippen LogP contribution in [-0.4, -0.2) is 49.9 Å². The van der Waals surface area contributed by atoms with Crippen LogP contribution in [0.15, 0.2) is 60.7 Å². The summed E-state index contributed by atoms with van der Waals surface area (Å²) in [5.41, 5.74) is -1.53. The zero-order chi connectivity index (χ0) is 23.9. The Kier molecular flexibility index (Phi) is 6.34. The highest BCUT2D eigenvalue weighted by atomic mass is 28.4. The molecule has 2 aromatic carbocycles. The molecule has 0 saturated carbocycles. The van der Waals surface area contributed by atoms with Crippen LogP contribution in [0.1, 0.15) is 41.5 Å². The maximum Gasteiger partial charge on any atom is 0.261 e. The first-order chi connectivity index (χ1) is 15.5. The molecule has 5 nitrogen and oxygen atoms in total. The molecule has 2 aliphatic rings. The van der Waals surface area contributed by atoms with Crippen molar-refractivity contribution in [2.75, 3.05) is 6.61 Å². The first kappa shape index (κ1) is 24.2. The number of fused-ring (bicyclic) bond motifs is 1. The quantitative estimate of drug-likeness (QED) is 0.542. The molecular formula is C27H34O5Si. The predicted molar refractivity (Wildman–Crippen MR) is 131 cm³/mol. The van der Waals surface area contributed by atoms with Crippen molar-refractivity contribution in [3.05, 3.63) is 60.7 Å². The van der Waals surface area contributed by atoms with Crippen molar-refractivity contribution in [1.29, 1.82) is 0 Å². The summed E-state index contributed by atoms with van der Waals surface area (Å²) in [5, 5.41) is 13.8. The number of hydrogen-bond donors (Lipinski definition) is 1. The van der Waals surface area contributed by atoms with Crippen LogP contribution in [0.3, 0.4) is 0 Å². The maximum absolute atomic E-state index is 11.6. The topological polar surface area (TPSA) is 57.2 Å². The molecule has 2 aliphatic heterocycles. The van der Waals surface area contributed by atoms with Gasteiger partial charge in [-0.05, 0) is 36.2 Å². The van der Waals surface area contributed by atoms with Crippen LogP contribution in [0, 0.1) is 11.8 Å². The number of aliphatic hydroxyl groups is 1. The van der Waals surface area contributed by atoms with Gasteiger partial charge in [0.1, 0.15) is 6.10 Å². The van der Waals surface area contributed by atoms with Crippen LogP contribution < -0.4 is 10.4 Å². The SMILES string of the molecule is CC#C[C@@]1(O)[C@@H](CO[Si](c2ccccc2)(c2ccccc2)C(C)(C)C)O[C@@H]2OC(C)(C)O[C@@H]21. The Hall–Kier alpha value is -1.98. The Morgan fingerprint density at radius 3 is 2.00 bits per heavy atom. The van der Waals surface area contributed by atoms with E-state index in [0.717, 1.165) is 0 Å². The van der Waals surface area contributed by atoms with Crippen molar-refractivity contribution in [3.8, 4) is 11.8 Å². The summed E-state index contributed by atoms with van der Waals surface area (Å²) >= 11 is 0. The highest BCUT2D eigenvalue weighted by Gasteiger charge is 2.63. The summed E-state index contributed by atoms with van der Waals surface area (Å²) in [7, 11) is -2.79. The van der Waals surface area contributed by atoms with Crippen LogP contribution in [0.25, 0.3) is 0 Å². The fraction of sp³-hybridized carbons (Fsp3) is 0.481. The molecule has 4 atom stereocenters. The molecule has 2 saturated heterocycles. The van der Waals surface area contributed by atoms with E-state index >= 15 is 0 Å². The summed E-state index contributed by atoms with van der Waals surface area (Å²) in [6.45, 7) is 12.1. The summed E-state index contributed by atoms with van der Waals surface area (Å²) in [5.74, 6) is 4.95. The second kappa shape index (κ2) is 8.66. The number of ether oxygens (including phenoxy) is 3. The van der Waals surface area contributed by atoms with Gasteiger partial charge in [-0.2, -0.15) is 0 Å². The average molecular weight is 467 g/mol. The van der Waals surface area contributed by atoms with Gasteiger partial charge in [0, 0.05) is 0 Å². The van der Waals surface area contributed by atoms with Gasteiger partial charge in [-0.1, -0.05) is 87.4 Å². The third-order valence-corrected chi connectivity index (χ3v) is 11.5. The summed E-state index contributed by atoms with van der Waals surface area (Å²) < 4.78 is 25.0. The minimum absolute atomic E-state index is 0.165. The van der Waals surface area contributed by atoms with Crippen molar-refractivity contribution >= 4 is 18.7 Å². The number of hydrogen-bond acceptors (Lipinski definition) is 5. The van der Waals surface area contributed by atoms with Gasteiger partial charge in [-0.25, -0.2) is 0 Å². The van der Waals surface area contributed by atoms with Crippen LogP contribution >= 0.6 is 0 Å². The summed E-state index contributed by atoms with van der Waals surface area (Å²) in [4.78, 5) is 0. The molecule has 0 amide bonds. The molecule has 0 aliphatic carbocycles. The second-order valence-electron chi connectivity index (χ2n) is 10.2. The lowest BCUT2D eigenvalue weighted by atomic mass is 9.93. The Balaban J connectivity index is 1.73. The van der Waals surface area contributed by atoms with E-state index in [-0.39, 0.29) is 11.6 Å². The smallest absolute Gasteiger partial charge is 0.261 e. The molecule has 0 spiro atoms. The summed E-state index contributed by atoms with van der Waals surface area (Å²) in [6.07, 6.45) is -2.11. The van der Waals surface area contributed by atoms with E-state index in [4.69, 9.17) is 18.6 Å². The average Bonchev–Trinajstić information content (AvgIpc) is 3.20. The van der Waals surface area contributed by atoms with Crippen LogP contribution in [0.4, 0.5) is 0 Å². The molecule has 0 radical (unpaired) electrons. The highest BCUT2D eigenvalue weighted by molar-refractivity contribution is 6.99. The zero-order valence-electron chi connectivity index (χ0n) is 20.3. The van der Waals surface area contributed by atoms with E-state index in [9.17, 15) is 5.11 Å². The van der Waals surface area contributed by atoms with E-state index in [1.54, 1.807) is 6.92 Å². The molecule has 0 unspecified atom stereocenters. The van der Waals surface area contributed by atoms with Crippen molar-refractivity contribution < 1.29 is 23.7 Å². The van der Waals surface area contributed by atoms with Crippen LogP contribution in [0.2, 0.25) is 5.04 Å². The fourth-order valence-corrected chi connectivity index (χ4v) is 9.61. The lowest BCUT2D eigenvalue weighted by Gasteiger charge is -2.44. The predicted octanol–water partition coefficient (Wildman–Crippen LogP) is 3.19.